The molecule has 0 aliphatic heterocycles. The van der Waals surface area contributed by atoms with Crippen LogP contribution in [0.1, 0.15) is 24.4 Å². The van der Waals surface area contributed by atoms with E-state index in [1.807, 2.05) is 0 Å². The first-order valence-electron chi connectivity index (χ1n) is 4.77. The molecule has 1 aromatic carbocycles. The highest BCUT2D eigenvalue weighted by molar-refractivity contribution is 7.79. The Morgan fingerprint density at radius 1 is 1.38 bits per heavy atom. The quantitative estimate of drug-likeness (QED) is 0.844. The molecule has 16 heavy (non-hydrogen) atoms. The van der Waals surface area contributed by atoms with Crippen molar-refractivity contribution in [3.63, 3.8) is 0 Å². The van der Waals surface area contributed by atoms with Crippen LogP contribution in [0.4, 0.5) is 0 Å². The van der Waals surface area contributed by atoms with Crippen LogP contribution in [0.3, 0.4) is 0 Å². The van der Waals surface area contributed by atoms with E-state index in [9.17, 15) is 8.76 Å². The summed E-state index contributed by atoms with van der Waals surface area (Å²) in [5.41, 5.74) is 6.76. The molecule has 0 aliphatic carbocycles. The van der Waals surface area contributed by atoms with Gasteiger partial charge in [-0.15, -0.1) is 0 Å². The van der Waals surface area contributed by atoms with Crippen molar-refractivity contribution in [1.82, 2.24) is 0 Å². The third-order valence-electron chi connectivity index (χ3n) is 2.20. The fraction of sp³-hybridized carbons (Fsp3) is 0.400. The highest BCUT2D eigenvalue weighted by Gasteiger charge is 2.07. The summed E-state index contributed by atoms with van der Waals surface area (Å²) >= 11 is 9.63. The fourth-order valence-corrected chi connectivity index (χ4v) is 2.04. The topological polar surface area (TPSA) is 66.2 Å². The van der Waals surface area contributed by atoms with Crippen molar-refractivity contribution in [2.45, 2.75) is 18.9 Å². The molecule has 1 aromatic rings. The van der Waals surface area contributed by atoms with Gasteiger partial charge in [0.25, 0.3) is 0 Å². The van der Waals surface area contributed by atoms with Gasteiger partial charge in [0.2, 0.25) is 0 Å². The second-order valence-corrected chi connectivity index (χ2v) is 5.26. The van der Waals surface area contributed by atoms with Gasteiger partial charge in [0.1, 0.15) is 0 Å². The molecule has 0 heterocycles. The molecule has 1 rings (SSSR count). The van der Waals surface area contributed by atoms with E-state index in [-0.39, 0.29) is 11.8 Å². The number of hydrogen-bond donors (Lipinski definition) is 1. The zero-order valence-electron chi connectivity index (χ0n) is 8.49. The smallest absolute Gasteiger partial charge is 0.0595 e. The van der Waals surface area contributed by atoms with Gasteiger partial charge in [-0.25, -0.2) is 0 Å². The van der Waals surface area contributed by atoms with Gasteiger partial charge in [-0.2, -0.15) is 0 Å². The lowest BCUT2D eigenvalue weighted by Crippen LogP contribution is -2.11. The molecule has 0 saturated carbocycles. The van der Waals surface area contributed by atoms with Gasteiger partial charge in [-0.05, 0) is 30.5 Å². The Hall–Kier alpha value is -0.130. The third-order valence-corrected chi connectivity index (χ3v) is 3.56. The number of hydrogen-bond acceptors (Lipinski definition) is 3. The van der Waals surface area contributed by atoms with Gasteiger partial charge in [-0.3, -0.25) is 4.21 Å². The normalized spacial score (nSPS) is 14.8. The SMILES string of the molecule is N[C@H](CCCS(=O)[O-])c1ccc(Cl)c(Cl)c1. The molecule has 0 amide bonds. The van der Waals surface area contributed by atoms with Crippen LogP contribution in [-0.2, 0) is 11.1 Å². The minimum Gasteiger partial charge on any atom is -0.772 e. The standard InChI is InChI=1S/C10H13Cl2NO2S/c11-8-4-3-7(6-9(8)12)10(13)2-1-5-16(14)15/h3-4,6,10H,1-2,5,13H2,(H,14,15)/p-1/t10-/m1/s1. The zero-order valence-corrected chi connectivity index (χ0v) is 10.8. The minimum atomic E-state index is -2.00. The van der Waals surface area contributed by atoms with Gasteiger partial charge in [0, 0.05) is 11.8 Å². The van der Waals surface area contributed by atoms with E-state index in [1.54, 1.807) is 18.2 Å². The zero-order chi connectivity index (χ0) is 12.1. The van der Waals surface area contributed by atoms with E-state index in [2.05, 4.69) is 0 Å². The maximum Gasteiger partial charge on any atom is 0.0595 e. The first kappa shape index (κ1) is 13.9. The molecule has 6 heteroatoms. The molecule has 0 fully saturated rings. The van der Waals surface area contributed by atoms with Crippen molar-refractivity contribution in [2.75, 3.05) is 5.75 Å². The highest BCUT2D eigenvalue weighted by Crippen LogP contribution is 2.26. The van der Waals surface area contributed by atoms with Crippen molar-refractivity contribution >= 4 is 34.3 Å². The summed E-state index contributed by atoms with van der Waals surface area (Å²) in [6, 6.07) is 4.99. The first-order chi connectivity index (χ1) is 7.50. The van der Waals surface area contributed by atoms with Crippen LogP contribution in [0.5, 0.6) is 0 Å². The molecule has 1 unspecified atom stereocenters. The molecule has 0 saturated heterocycles. The summed E-state index contributed by atoms with van der Waals surface area (Å²) in [7, 11) is 0. The van der Waals surface area contributed by atoms with E-state index in [0.717, 1.165) is 5.56 Å². The number of benzene rings is 1. The van der Waals surface area contributed by atoms with Crippen LogP contribution in [0.15, 0.2) is 18.2 Å². The predicted molar refractivity (Wildman–Crippen MR) is 66.4 cm³/mol. The van der Waals surface area contributed by atoms with Crippen LogP contribution in [0.25, 0.3) is 0 Å². The Morgan fingerprint density at radius 3 is 2.62 bits per heavy atom. The lowest BCUT2D eigenvalue weighted by molar-refractivity contribution is 0.530. The van der Waals surface area contributed by atoms with Crippen LogP contribution < -0.4 is 5.73 Å². The van der Waals surface area contributed by atoms with Crippen LogP contribution in [0.2, 0.25) is 10.0 Å². The van der Waals surface area contributed by atoms with Crippen molar-refractivity contribution in [1.29, 1.82) is 0 Å². The van der Waals surface area contributed by atoms with Gasteiger partial charge < -0.3 is 10.3 Å². The minimum absolute atomic E-state index is 0.134. The lowest BCUT2D eigenvalue weighted by Gasteiger charge is -2.13. The van der Waals surface area contributed by atoms with Crippen molar-refractivity contribution in [2.24, 2.45) is 5.73 Å². The number of nitrogens with two attached hydrogens (primary N) is 1. The van der Waals surface area contributed by atoms with Crippen molar-refractivity contribution < 1.29 is 8.76 Å². The number of rotatable bonds is 5. The predicted octanol–water partition coefficient (Wildman–Crippen LogP) is 2.65. The molecule has 0 radical (unpaired) electrons. The van der Waals surface area contributed by atoms with Crippen LogP contribution >= 0.6 is 23.2 Å². The van der Waals surface area contributed by atoms with Crippen LogP contribution in [-0.4, -0.2) is 14.5 Å². The number of halogens is 2. The third kappa shape index (κ3) is 4.39. The fourth-order valence-electron chi connectivity index (χ4n) is 1.33. The lowest BCUT2D eigenvalue weighted by atomic mass is 10.0. The Bertz CT molecular complexity index is 387. The molecule has 0 bridgehead atoms. The molecule has 0 aromatic heterocycles. The molecule has 90 valence electrons. The summed E-state index contributed by atoms with van der Waals surface area (Å²) in [4.78, 5) is 0. The Kier molecular flexibility index (Phi) is 5.72. The Morgan fingerprint density at radius 2 is 2.06 bits per heavy atom. The van der Waals surface area contributed by atoms with E-state index < -0.39 is 11.1 Å². The van der Waals surface area contributed by atoms with Gasteiger partial charge in [0.15, 0.2) is 0 Å². The van der Waals surface area contributed by atoms with E-state index in [1.165, 1.54) is 0 Å². The first-order valence-corrected chi connectivity index (χ1v) is 6.77. The van der Waals surface area contributed by atoms with E-state index >= 15 is 0 Å². The van der Waals surface area contributed by atoms with E-state index in [4.69, 9.17) is 28.9 Å². The highest BCUT2D eigenvalue weighted by atomic mass is 35.5. The molecule has 3 nitrogen and oxygen atoms in total. The molecule has 0 spiro atoms. The Labute approximate surface area is 107 Å². The summed E-state index contributed by atoms with van der Waals surface area (Å²) in [6.45, 7) is 0. The molecule has 0 aliphatic rings. The summed E-state index contributed by atoms with van der Waals surface area (Å²) in [5, 5.41) is 0.945. The molecule has 2 N–H and O–H groups in total. The maximum absolute atomic E-state index is 10.3. The van der Waals surface area contributed by atoms with Crippen molar-refractivity contribution in [3.05, 3.63) is 33.8 Å². The second-order valence-electron chi connectivity index (χ2n) is 3.43. The van der Waals surface area contributed by atoms with Gasteiger partial charge >= 0.3 is 0 Å². The van der Waals surface area contributed by atoms with Gasteiger partial charge in [0.05, 0.1) is 10.0 Å². The maximum atomic E-state index is 10.3. The average molecular weight is 281 g/mol. The summed E-state index contributed by atoms with van der Waals surface area (Å²) < 4.78 is 20.7. The monoisotopic (exact) mass is 280 g/mol. The second kappa shape index (κ2) is 6.57. The summed E-state index contributed by atoms with van der Waals surface area (Å²) in [5.74, 6) is 0.134. The van der Waals surface area contributed by atoms with E-state index in [0.29, 0.717) is 22.9 Å². The largest absolute Gasteiger partial charge is 0.772 e. The average Bonchev–Trinajstić information content (AvgIpc) is 2.21. The van der Waals surface area contributed by atoms with Gasteiger partial charge in [-0.1, -0.05) is 40.3 Å². The summed E-state index contributed by atoms with van der Waals surface area (Å²) in [6.07, 6.45) is 1.14. The Balaban J connectivity index is 2.55. The molecular weight excluding hydrogens is 269 g/mol. The van der Waals surface area contributed by atoms with Crippen molar-refractivity contribution in [3.8, 4) is 0 Å². The molecule has 2 atom stereocenters. The molecular formula is C10H12Cl2NO2S-. The van der Waals surface area contributed by atoms with Crippen LogP contribution in [0, 0.1) is 0 Å².